The maximum absolute atomic E-state index is 11.9. The van der Waals surface area contributed by atoms with Crippen molar-refractivity contribution < 1.29 is 0 Å². The number of aromatic amines is 2. The van der Waals surface area contributed by atoms with Crippen molar-refractivity contribution in [2.45, 2.75) is 0 Å². The third kappa shape index (κ3) is 2.21. The molecular formula is C12H10N6O2. The van der Waals surface area contributed by atoms with Crippen molar-refractivity contribution in [1.82, 2.24) is 19.9 Å². The Kier molecular flexibility index (Phi) is 2.68. The Labute approximate surface area is 111 Å². The lowest BCUT2D eigenvalue weighted by Gasteiger charge is -2.05. The van der Waals surface area contributed by atoms with Crippen LogP contribution in [-0.2, 0) is 0 Å². The highest BCUT2D eigenvalue weighted by Crippen LogP contribution is 2.10. The van der Waals surface area contributed by atoms with Gasteiger partial charge in [0.05, 0.1) is 10.9 Å². The first-order chi connectivity index (χ1) is 9.61. The SMILES string of the molecule is Nc1cc(=O)[nH]c(Nc2nc3ccccc3c(=O)[nH]2)n1. The number of H-pyrrole nitrogens is 2. The molecule has 1 aromatic carbocycles. The number of aromatic nitrogens is 4. The number of nitrogens with zero attached hydrogens (tertiary/aromatic N) is 2. The topological polar surface area (TPSA) is 130 Å². The summed E-state index contributed by atoms with van der Waals surface area (Å²) >= 11 is 0. The number of fused-ring (bicyclic) bond motifs is 1. The van der Waals surface area contributed by atoms with Gasteiger partial charge in [-0.1, -0.05) is 12.1 Å². The predicted octanol–water partition coefficient (Wildman–Crippen LogP) is 0.332. The molecule has 0 aliphatic carbocycles. The van der Waals surface area contributed by atoms with Gasteiger partial charge in [0, 0.05) is 6.07 Å². The lowest BCUT2D eigenvalue weighted by atomic mass is 10.2. The van der Waals surface area contributed by atoms with Crippen LogP contribution in [0.2, 0.25) is 0 Å². The molecule has 0 saturated carbocycles. The van der Waals surface area contributed by atoms with E-state index in [1.807, 2.05) is 0 Å². The second-order valence-electron chi connectivity index (χ2n) is 4.08. The molecule has 0 bridgehead atoms. The first-order valence-electron chi connectivity index (χ1n) is 5.75. The summed E-state index contributed by atoms with van der Waals surface area (Å²) in [5.74, 6) is 0.343. The van der Waals surface area contributed by atoms with E-state index in [1.165, 1.54) is 0 Å². The van der Waals surface area contributed by atoms with Crippen molar-refractivity contribution in [2.24, 2.45) is 0 Å². The Bertz CT molecular complexity index is 898. The number of hydrogen-bond donors (Lipinski definition) is 4. The van der Waals surface area contributed by atoms with Crippen LogP contribution in [0.4, 0.5) is 17.7 Å². The van der Waals surface area contributed by atoms with Gasteiger partial charge in [-0.05, 0) is 12.1 Å². The molecule has 0 amide bonds. The summed E-state index contributed by atoms with van der Waals surface area (Å²) in [5.41, 5.74) is 5.31. The number of hydrogen-bond acceptors (Lipinski definition) is 6. The van der Waals surface area contributed by atoms with Crippen molar-refractivity contribution in [3.63, 3.8) is 0 Å². The van der Waals surface area contributed by atoms with Crippen LogP contribution in [0.15, 0.2) is 39.9 Å². The standard InChI is InChI=1S/C12H10N6O2/c13-8-5-9(19)16-12(15-8)18-11-14-7-4-2-1-3-6(7)10(20)17-11/h1-5H,(H5,13,14,15,16,17,18,19,20). The van der Waals surface area contributed by atoms with E-state index in [9.17, 15) is 9.59 Å². The van der Waals surface area contributed by atoms with Crippen LogP contribution in [0, 0.1) is 0 Å². The van der Waals surface area contributed by atoms with Gasteiger partial charge < -0.3 is 5.73 Å². The number of para-hydroxylation sites is 1. The molecule has 3 aromatic rings. The minimum absolute atomic E-state index is 0.0689. The smallest absolute Gasteiger partial charge is 0.260 e. The van der Waals surface area contributed by atoms with Gasteiger partial charge in [0.25, 0.3) is 11.1 Å². The minimum Gasteiger partial charge on any atom is -0.383 e. The maximum atomic E-state index is 11.9. The normalized spacial score (nSPS) is 10.6. The summed E-state index contributed by atoms with van der Waals surface area (Å²) in [4.78, 5) is 36.3. The van der Waals surface area contributed by atoms with Gasteiger partial charge in [0.1, 0.15) is 5.82 Å². The molecule has 0 spiro atoms. The van der Waals surface area contributed by atoms with E-state index in [0.29, 0.717) is 10.9 Å². The molecule has 0 aliphatic rings. The van der Waals surface area contributed by atoms with Crippen LogP contribution in [0.25, 0.3) is 10.9 Å². The fourth-order valence-corrected chi connectivity index (χ4v) is 1.79. The maximum Gasteiger partial charge on any atom is 0.260 e. The largest absolute Gasteiger partial charge is 0.383 e. The van der Waals surface area contributed by atoms with Crippen molar-refractivity contribution in [3.05, 3.63) is 51.0 Å². The molecule has 2 heterocycles. The van der Waals surface area contributed by atoms with Crippen LogP contribution in [0.5, 0.6) is 0 Å². The molecule has 0 aliphatic heterocycles. The summed E-state index contributed by atoms with van der Waals surface area (Å²) in [7, 11) is 0. The second-order valence-corrected chi connectivity index (χ2v) is 4.08. The summed E-state index contributed by atoms with van der Waals surface area (Å²) in [5, 5.41) is 3.18. The molecule has 0 fully saturated rings. The van der Waals surface area contributed by atoms with E-state index in [2.05, 4.69) is 25.3 Å². The molecule has 0 saturated heterocycles. The molecule has 8 nitrogen and oxygen atoms in total. The summed E-state index contributed by atoms with van der Waals surface area (Å²) in [6.07, 6.45) is 0. The third-order valence-corrected chi connectivity index (χ3v) is 2.61. The highest BCUT2D eigenvalue weighted by atomic mass is 16.1. The molecule has 2 aromatic heterocycles. The van der Waals surface area contributed by atoms with Gasteiger partial charge in [0.2, 0.25) is 11.9 Å². The van der Waals surface area contributed by atoms with Crippen LogP contribution < -0.4 is 22.2 Å². The Morgan fingerprint density at radius 1 is 1.05 bits per heavy atom. The van der Waals surface area contributed by atoms with Gasteiger partial charge in [0.15, 0.2) is 0 Å². The van der Waals surface area contributed by atoms with Crippen molar-refractivity contribution >= 4 is 28.6 Å². The van der Waals surface area contributed by atoms with E-state index in [0.717, 1.165) is 6.07 Å². The van der Waals surface area contributed by atoms with Crippen LogP contribution in [0.1, 0.15) is 0 Å². The fraction of sp³-hybridized carbons (Fsp3) is 0. The molecule has 0 unspecified atom stereocenters. The molecule has 0 radical (unpaired) electrons. The summed E-state index contributed by atoms with van der Waals surface area (Å²) < 4.78 is 0. The van der Waals surface area contributed by atoms with E-state index in [-0.39, 0.29) is 23.3 Å². The second kappa shape index (κ2) is 4.50. The Hall–Kier alpha value is -3.16. The Balaban J connectivity index is 2.07. The van der Waals surface area contributed by atoms with Gasteiger partial charge in [-0.2, -0.15) is 4.98 Å². The number of nitrogen functional groups attached to an aromatic ring is 1. The average molecular weight is 270 g/mol. The number of benzene rings is 1. The zero-order chi connectivity index (χ0) is 14.1. The molecular weight excluding hydrogens is 260 g/mol. The fourth-order valence-electron chi connectivity index (χ4n) is 1.79. The monoisotopic (exact) mass is 270 g/mol. The zero-order valence-corrected chi connectivity index (χ0v) is 10.2. The molecule has 8 heteroatoms. The predicted molar refractivity (Wildman–Crippen MR) is 74.9 cm³/mol. The summed E-state index contributed by atoms with van der Waals surface area (Å²) in [6, 6.07) is 8.07. The van der Waals surface area contributed by atoms with E-state index < -0.39 is 5.56 Å². The molecule has 20 heavy (non-hydrogen) atoms. The van der Waals surface area contributed by atoms with E-state index >= 15 is 0 Å². The molecule has 3 rings (SSSR count). The lowest BCUT2D eigenvalue weighted by Crippen LogP contribution is -2.15. The Morgan fingerprint density at radius 3 is 2.60 bits per heavy atom. The number of rotatable bonds is 2. The average Bonchev–Trinajstić information content (AvgIpc) is 2.37. The number of nitrogens with one attached hydrogen (secondary N) is 3. The van der Waals surface area contributed by atoms with Crippen LogP contribution in [0.3, 0.4) is 0 Å². The van der Waals surface area contributed by atoms with Crippen molar-refractivity contribution in [3.8, 4) is 0 Å². The minimum atomic E-state index is -0.400. The van der Waals surface area contributed by atoms with Crippen LogP contribution in [-0.4, -0.2) is 19.9 Å². The quantitative estimate of drug-likeness (QED) is 0.531. The van der Waals surface area contributed by atoms with Gasteiger partial charge in [-0.15, -0.1) is 0 Å². The lowest BCUT2D eigenvalue weighted by molar-refractivity contribution is 1.09. The van der Waals surface area contributed by atoms with Crippen molar-refractivity contribution in [2.75, 3.05) is 11.1 Å². The molecule has 100 valence electrons. The van der Waals surface area contributed by atoms with Crippen molar-refractivity contribution in [1.29, 1.82) is 0 Å². The highest BCUT2D eigenvalue weighted by Gasteiger charge is 2.05. The summed E-state index contributed by atoms with van der Waals surface area (Å²) in [6.45, 7) is 0. The van der Waals surface area contributed by atoms with Crippen LogP contribution >= 0.6 is 0 Å². The zero-order valence-electron chi connectivity index (χ0n) is 10.2. The highest BCUT2D eigenvalue weighted by molar-refractivity contribution is 5.78. The number of nitrogens with two attached hydrogens (primary N) is 1. The van der Waals surface area contributed by atoms with E-state index in [4.69, 9.17) is 5.73 Å². The third-order valence-electron chi connectivity index (χ3n) is 2.61. The molecule has 5 N–H and O–H groups in total. The van der Waals surface area contributed by atoms with E-state index in [1.54, 1.807) is 24.3 Å². The van der Waals surface area contributed by atoms with Gasteiger partial charge in [-0.3, -0.25) is 24.9 Å². The first kappa shape index (κ1) is 11.9. The number of anilines is 3. The van der Waals surface area contributed by atoms with Gasteiger partial charge in [-0.25, -0.2) is 4.98 Å². The first-order valence-corrected chi connectivity index (χ1v) is 5.75. The van der Waals surface area contributed by atoms with Gasteiger partial charge >= 0.3 is 0 Å². The molecule has 0 atom stereocenters. The Morgan fingerprint density at radius 2 is 1.80 bits per heavy atom.